The number of primary amides is 1. The van der Waals surface area contributed by atoms with Crippen LogP contribution in [0.2, 0.25) is 0 Å². The summed E-state index contributed by atoms with van der Waals surface area (Å²) in [6.07, 6.45) is -1.35. The Morgan fingerprint density at radius 2 is 2.07 bits per heavy atom. The first kappa shape index (κ1) is 18.2. The molecule has 4 rings (SSSR count). The number of alkyl halides is 3. The van der Waals surface area contributed by atoms with Gasteiger partial charge in [0.1, 0.15) is 17.2 Å². The Morgan fingerprint density at radius 1 is 1.25 bits per heavy atom. The minimum absolute atomic E-state index is 0.214. The molecule has 0 saturated carbocycles. The van der Waals surface area contributed by atoms with Crippen LogP contribution >= 0.6 is 0 Å². The van der Waals surface area contributed by atoms with Crippen molar-refractivity contribution in [3.63, 3.8) is 0 Å². The van der Waals surface area contributed by atoms with Crippen LogP contribution in [0, 0.1) is 0 Å². The van der Waals surface area contributed by atoms with Gasteiger partial charge in [-0.2, -0.15) is 13.2 Å². The number of nitrogens with two attached hydrogens (primary N) is 1. The quantitative estimate of drug-likeness (QED) is 0.725. The molecule has 3 aromatic rings. The smallest absolute Gasteiger partial charge is 0.367 e. The highest BCUT2D eigenvalue weighted by Crippen LogP contribution is 2.30. The summed E-state index contributed by atoms with van der Waals surface area (Å²) < 4.78 is 45.7. The summed E-state index contributed by atoms with van der Waals surface area (Å²) >= 11 is 0. The topological polar surface area (TPSA) is 98.6 Å². The molecule has 11 heteroatoms. The third-order valence-electron chi connectivity index (χ3n) is 4.41. The van der Waals surface area contributed by atoms with Gasteiger partial charge in [-0.05, 0) is 18.2 Å². The average molecular weight is 392 g/mol. The molecule has 8 nitrogen and oxygen atoms in total. The number of nitrogens with zero attached hydrogens (tertiary/aromatic N) is 5. The van der Waals surface area contributed by atoms with Gasteiger partial charge < -0.3 is 15.4 Å². The maximum Gasteiger partial charge on any atom is 0.417 e. The van der Waals surface area contributed by atoms with Gasteiger partial charge in [-0.1, -0.05) is 0 Å². The van der Waals surface area contributed by atoms with Crippen LogP contribution < -0.4 is 10.6 Å². The molecule has 0 aromatic carbocycles. The fourth-order valence-electron chi connectivity index (χ4n) is 2.99. The van der Waals surface area contributed by atoms with E-state index < -0.39 is 23.8 Å². The lowest BCUT2D eigenvalue weighted by Gasteiger charge is -2.32. The normalized spacial score (nSPS) is 17.8. The number of rotatable bonds is 3. The van der Waals surface area contributed by atoms with Gasteiger partial charge in [0, 0.05) is 18.9 Å². The molecule has 1 fully saturated rings. The molecule has 3 aromatic heterocycles. The van der Waals surface area contributed by atoms with Gasteiger partial charge in [-0.3, -0.25) is 9.20 Å². The Hall–Kier alpha value is -3.21. The van der Waals surface area contributed by atoms with E-state index in [0.29, 0.717) is 30.3 Å². The van der Waals surface area contributed by atoms with Crippen molar-refractivity contribution in [3.8, 4) is 11.5 Å². The first-order valence-electron chi connectivity index (χ1n) is 8.36. The lowest BCUT2D eigenvalue weighted by atomic mass is 10.2. The Kier molecular flexibility index (Phi) is 4.38. The number of carbonyl (C=O) groups excluding carboxylic acids is 1. The third kappa shape index (κ3) is 3.36. The summed E-state index contributed by atoms with van der Waals surface area (Å²) in [4.78, 5) is 25.9. The Balaban J connectivity index is 1.71. The van der Waals surface area contributed by atoms with Crippen molar-refractivity contribution >= 4 is 17.4 Å². The number of fused-ring (bicyclic) bond motifs is 1. The van der Waals surface area contributed by atoms with Crippen molar-refractivity contribution in [3.05, 3.63) is 42.4 Å². The van der Waals surface area contributed by atoms with E-state index in [1.165, 1.54) is 22.9 Å². The number of anilines is 1. The summed E-state index contributed by atoms with van der Waals surface area (Å²) in [5.41, 5.74) is 5.17. The van der Waals surface area contributed by atoms with Gasteiger partial charge in [0.25, 0.3) is 0 Å². The standard InChI is InChI=1S/C17H15F3N6O2/c18-17(19,20)10-1-2-13-23-7-11(26(13)8-10)16-22-4-3-14(24-16)25-5-6-28-12(9-25)15(21)27/h1-4,7-8,12H,5-6,9H2,(H2,21,27)/t12-/m1/s1. The molecule has 1 amide bonds. The van der Waals surface area contributed by atoms with Crippen LogP contribution in [-0.4, -0.2) is 51.1 Å². The molecule has 1 saturated heterocycles. The van der Waals surface area contributed by atoms with Crippen molar-refractivity contribution in [2.24, 2.45) is 5.73 Å². The predicted molar refractivity (Wildman–Crippen MR) is 92.4 cm³/mol. The van der Waals surface area contributed by atoms with Gasteiger partial charge in [0.15, 0.2) is 11.9 Å². The second-order valence-corrected chi connectivity index (χ2v) is 6.23. The van der Waals surface area contributed by atoms with Gasteiger partial charge in [-0.25, -0.2) is 15.0 Å². The molecule has 28 heavy (non-hydrogen) atoms. The number of amides is 1. The predicted octanol–water partition coefficient (Wildman–Crippen LogP) is 1.50. The Labute approximate surface area is 156 Å². The van der Waals surface area contributed by atoms with Crippen molar-refractivity contribution < 1.29 is 22.7 Å². The van der Waals surface area contributed by atoms with Crippen LogP contribution in [0.15, 0.2) is 36.8 Å². The molecule has 2 N–H and O–H groups in total. The highest BCUT2D eigenvalue weighted by Gasteiger charge is 2.31. The number of morpholine rings is 1. The molecule has 0 radical (unpaired) electrons. The largest absolute Gasteiger partial charge is 0.417 e. The summed E-state index contributed by atoms with van der Waals surface area (Å²) in [6.45, 7) is 1.03. The highest BCUT2D eigenvalue weighted by atomic mass is 19.4. The van der Waals surface area contributed by atoms with E-state index in [1.54, 1.807) is 6.07 Å². The molecule has 146 valence electrons. The monoisotopic (exact) mass is 392 g/mol. The first-order chi connectivity index (χ1) is 13.3. The first-order valence-corrected chi connectivity index (χ1v) is 8.36. The minimum Gasteiger partial charge on any atom is -0.367 e. The zero-order valence-corrected chi connectivity index (χ0v) is 14.4. The SMILES string of the molecule is NC(=O)[C@H]1CN(c2ccnc(-c3cnc4ccc(C(F)(F)F)cn34)n2)CCO1. The van der Waals surface area contributed by atoms with Crippen molar-refractivity contribution in [1.29, 1.82) is 0 Å². The number of aromatic nitrogens is 4. The van der Waals surface area contributed by atoms with Crippen LogP contribution in [0.25, 0.3) is 17.2 Å². The molecule has 0 bridgehead atoms. The molecule has 0 aliphatic carbocycles. The summed E-state index contributed by atoms with van der Waals surface area (Å²) in [5.74, 6) is 0.161. The average Bonchev–Trinajstić information content (AvgIpc) is 3.11. The second kappa shape index (κ2) is 6.75. The van der Waals surface area contributed by atoms with Crippen LogP contribution in [0.5, 0.6) is 0 Å². The lowest BCUT2D eigenvalue weighted by Crippen LogP contribution is -2.48. The molecule has 0 spiro atoms. The lowest BCUT2D eigenvalue weighted by molar-refractivity contribution is -0.137. The van der Waals surface area contributed by atoms with E-state index in [1.807, 2.05) is 4.90 Å². The Bertz CT molecular complexity index is 1040. The zero-order valence-electron chi connectivity index (χ0n) is 14.4. The molecule has 1 aliphatic rings. The fraction of sp³-hybridized carbons (Fsp3) is 0.294. The minimum atomic E-state index is -4.48. The van der Waals surface area contributed by atoms with E-state index in [9.17, 15) is 18.0 Å². The van der Waals surface area contributed by atoms with Gasteiger partial charge in [-0.15, -0.1) is 0 Å². The number of imidazole rings is 1. The summed E-state index contributed by atoms with van der Waals surface area (Å²) in [7, 11) is 0. The van der Waals surface area contributed by atoms with E-state index in [-0.39, 0.29) is 12.4 Å². The van der Waals surface area contributed by atoms with E-state index in [0.717, 1.165) is 12.3 Å². The number of carbonyl (C=O) groups is 1. The van der Waals surface area contributed by atoms with Crippen LogP contribution in [0.3, 0.4) is 0 Å². The number of halogens is 3. The van der Waals surface area contributed by atoms with Gasteiger partial charge in [0.05, 0.1) is 24.9 Å². The number of hydrogen-bond donors (Lipinski definition) is 1. The maximum absolute atomic E-state index is 13.0. The molecule has 1 aliphatic heterocycles. The van der Waals surface area contributed by atoms with Gasteiger partial charge >= 0.3 is 6.18 Å². The third-order valence-corrected chi connectivity index (χ3v) is 4.41. The summed E-state index contributed by atoms with van der Waals surface area (Å²) in [5, 5.41) is 0. The highest BCUT2D eigenvalue weighted by molar-refractivity contribution is 5.79. The van der Waals surface area contributed by atoms with Crippen LogP contribution in [-0.2, 0) is 15.7 Å². The van der Waals surface area contributed by atoms with Gasteiger partial charge in [0.2, 0.25) is 5.91 Å². The molecule has 4 heterocycles. The number of hydrogen-bond acceptors (Lipinski definition) is 6. The molecular formula is C17H15F3N6O2. The van der Waals surface area contributed by atoms with Crippen molar-refractivity contribution in [1.82, 2.24) is 19.4 Å². The van der Waals surface area contributed by atoms with Crippen molar-refractivity contribution in [2.75, 3.05) is 24.6 Å². The molecule has 1 atom stereocenters. The van der Waals surface area contributed by atoms with E-state index in [4.69, 9.17) is 10.5 Å². The summed E-state index contributed by atoms with van der Waals surface area (Å²) in [6, 6.07) is 3.91. The molecular weight excluding hydrogens is 377 g/mol. The molecule has 0 unspecified atom stereocenters. The zero-order chi connectivity index (χ0) is 19.9. The maximum atomic E-state index is 13.0. The van der Waals surface area contributed by atoms with E-state index >= 15 is 0 Å². The van der Waals surface area contributed by atoms with Crippen LogP contribution in [0.1, 0.15) is 5.56 Å². The number of ether oxygens (including phenoxy) is 1. The van der Waals surface area contributed by atoms with Crippen molar-refractivity contribution in [2.45, 2.75) is 12.3 Å². The fourth-order valence-corrected chi connectivity index (χ4v) is 2.99. The Morgan fingerprint density at radius 3 is 2.82 bits per heavy atom. The van der Waals surface area contributed by atoms with E-state index in [2.05, 4.69) is 15.0 Å². The second-order valence-electron chi connectivity index (χ2n) is 6.23. The van der Waals surface area contributed by atoms with Crippen LogP contribution in [0.4, 0.5) is 19.0 Å². The number of pyridine rings is 1.